The van der Waals surface area contributed by atoms with Crippen LogP contribution >= 0.6 is 0 Å². The molecule has 0 radical (unpaired) electrons. The molecule has 0 saturated carbocycles. The zero-order valence-electron chi connectivity index (χ0n) is 10.6. The maximum Gasteiger partial charge on any atom is 0.258 e. The molecule has 19 heavy (non-hydrogen) atoms. The number of amides is 1. The maximum absolute atomic E-state index is 13.8. The van der Waals surface area contributed by atoms with Gasteiger partial charge in [0.2, 0.25) is 0 Å². The molecule has 4 heteroatoms. The van der Waals surface area contributed by atoms with Crippen molar-refractivity contribution in [1.82, 2.24) is 0 Å². The van der Waals surface area contributed by atoms with Gasteiger partial charge in [0.1, 0.15) is 11.6 Å². The fourth-order valence-electron chi connectivity index (χ4n) is 1.78. The van der Waals surface area contributed by atoms with Crippen molar-refractivity contribution in [3.05, 3.63) is 64.7 Å². The van der Waals surface area contributed by atoms with Crippen molar-refractivity contribution in [2.45, 2.75) is 13.8 Å². The molecule has 0 aliphatic rings. The van der Waals surface area contributed by atoms with E-state index in [0.717, 1.165) is 0 Å². The molecule has 0 aromatic heterocycles. The van der Waals surface area contributed by atoms with E-state index in [0.29, 0.717) is 16.8 Å². The lowest BCUT2D eigenvalue weighted by molar-refractivity contribution is 0.102. The minimum atomic E-state index is -0.545. The van der Waals surface area contributed by atoms with Gasteiger partial charge in [-0.25, -0.2) is 8.78 Å². The van der Waals surface area contributed by atoms with Crippen LogP contribution in [0.2, 0.25) is 0 Å². The van der Waals surface area contributed by atoms with Gasteiger partial charge in [0.05, 0.1) is 5.56 Å². The summed E-state index contributed by atoms with van der Waals surface area (Å²) in [5.41, 5.74) is 1.43. The van der Waals surface area contributed by atoms with Crippen molar-refractivity contribution in [2.75, 3.05) is 5.32 Å². The second kappa shape index (κ2) is 5.18. The van der Waals surface area contributed by atoms with Gasteiger partial charge in [-0.1, -0.05) is 12.1 Å². The Morgan fingerprint density at radius 1 is 1.05 bits per heavy atom. The fraction of sp³-hybridized carbons (Fsp3) is 0.133. The normalized spacial score (nSPS) is 10.3. The highest BCUT2D eigenvalue weighted by Crippen LogP contribution is 2.18. The van der Waals surface area contributed by atoms with Gasteiger partial charge in [-0.3, -0.25) is 4.79 Å². The fourth-order valence-corrected chi connectivity index (χ4v) is 1.78. The van der Waals surface area contributed by atoms with E-state index in [4.69, 9.17) is 0 Å². The molecule has 2 nitrogen and oxygen atoms in total. The molecule has 0 bridgehead atoms. The number of hydrogen-bond acceptors (Lipinski definition) is 1. The Bertz CT molecular complexity index is 638. The lowest BCUT2D eigenvalue weighted by Crippen LogP contribution is -2.15. The van der Waals surface area contributed by atoms with E-state index in [1.807, 2.05) is 0 Å². The first kappa shape index (κ1) is 13.2. The van der Waals surface area contributed by atoms with Gasteiger partial charge >= 0.3 is 0 Å². The second-order valence-corrected chi connectivity index (χ2v) is 4.35. The molecule has 0 saturated heterocycles. The Balaban J connectivity index is 2.28. The molecule has 0 aliphatic carbocycles. The van der Waals surface area contributed by atoms with E-state index in [2.05, 4.69) is 5.32 Å². The third kappa shape index (κ3) is 2.78. The molecule has 0 heterocycles. The predicted octanol–water partition coefficient (Wildman–Crippen LogP) is 3.83. The Morgan fingerprint density at radius 2 is 1.79 bits per heavy atom. The predicted molar refractivity (Wildman–Crippen MR) is 70.2 cm³/mol. The highest BCUT2D eigenvalue weighted by Gasteiger charge is 2.14. The summed E-state index contributed by atoms with van der Waals surface area (Å²) in [6.45, 7) is 3.26. The Hall–Kier alpha value is -2.23. The van der Waals surface area contributed by atoms with Gasteiger partial charge in [-0.15, -0.1) is 0 Å². The topological polar surface area (TPSA) is 29.1 Å². The van der Waals surface area contributed by atoms with Crippen LogP contribution in [-0.4, -0.2) is 5.91 Å². The SMILES string of the molecule is Cc1cc(F)ccc1NC(=O)c1cccc(C)c1F. The number of carbonyl (C=O) groups excluding carboxylic acids is 1. The van der Waals surface area contributed by atoms with Gasteiger partial charge in [0.25, 0.3) is 5.91 Å². The standard InChI is InChI=1S/C15H13F2NO/c1-9-4-3-5-12(14(9)17)15(19)18-13-7-6-11(16)8-10(13)2/h3-8H,1-2H3,(H,18,19). The van der Waals surface area contributed by atoms with E-state index >= 15 is 0 Å². The Kier molecular flexibility index (Phi) is 3.60. The average molecular weight is 261 g/mol. The second-order valence-electron chi connectivity index (χ2n) is 4.35. The number of carbonyl (C=O) groups is 1. The summed E-state index contributed by atoms with van der Waals surface area (Å²) in [4.78, 5) is 12.0. The number of aryl methyl sites for hydroxylation is 2. The molecule has 1 N–H and O–H groups in total. The maximum atomic E-state index is 13.8. The number of rotatable bonds is 2. The molecular weight excluding hydrogens is 248 g/mol. The number of halogens is 2. The number of anilines is 1. The zero-order valence-corrected chi connectivity index (χ0v) is 10.6. The summed E-state index contributed by atoms with van der Waals surface area (Å²) in [5, 5.41) is 2.58. The van der Waals surface area contributed by atoms with Crippen molar-refractivity contribution in [3.63, 3.8) is 0 Å². The van der Waals surface area contributed by atoms with E-state index in [1.54, 1.807) is 26.0 Å². The first-order chi connectivity index (χ1) is 8.99. The van der Waals surface area contributed by atoms with Crippen LogP contribution in [0.5, 0.6) is 0 Å². The Morgan fingerprint density at radius 3 is 2.47 bits per heavy atom. The van der Waals surface area contributed by atoms with Crippen LogP contribution in [0.15, 0.2) is 36.4 Å². The van der Waals surface area contributed by atoms with Crippen LogP contribution < -0.4 is 5.32 Å². The summed E-state index contributed by atoms with van der Waals surface area (Å²) in [6, 6.07) is 8.63. The Labute approximate surface area is 110 Å². The quantitative estimate of drug-likeness (QED) is 0.874. The molecule has 0 fully saturated rings. The molecule has 0 atom stereocenters. The van der Waals surface area contributed by atoms with Gasteiger partial charge < -0.3 is 5.32 Å². The minimum Gasteiger partial charge on any atom is -0.322 e. The molecule has 0 unspecified atom stereocenters. The third-order valence-corrected chi connectivity index (χ3v) is 2.87. The lowest BCUT2D eigenvalue weighted by Gasteiger charge is -2.09. The van der Waals surface area contributed by atoms with E-state index < -0.39 is 11.7 Å². The van der Waals surface area contributed by atoms with Crippen LogP contribution in [0.25, 0.3) is 0 Å². The van der Waals surface area contributed by atoms with Gasteiger partial charge in [-0.05, 0) is 49.2 Å². The molecule has 2 aromatic carbocycles. The lowest BCUT2D eigenvalue weighted by atomic mass is 10.1. The van der Waals surface area contributed by atoms with Crippen LogP contribution in [0.4, 0.5) is 14.5 Å². The third-order valence-electron chi connectivity index (χ3n) is 2.87. The van der Waals surface area contributed by atoms with Gasteiger partial charge in [0, 0.05) is 5.69 Å². The van der Waals surface area contributed by atoms with Gasteiger partial charge in [-0.2, -0.15) is 0 Å². The average Bonchev–Trinajstić information content (AvgIpc) is 2.36. The van der Waals surface area contributed by atoms with E-state index in [-0.39, 0.29) is 11.4 Å². The summed E-state index contributed by atoms with van der Waals surface area (Å²) in [6.07, 6.45) is 0. The van der Waals surface area contributed by atoms with Crippen molar-refractivity contribution in [3.8, 4) is 0 Å². The summed E-state index contributed by atoms with van der Waals surface area (Å²) < 4.78 is 26.8. The highest BCUT2D eigenvalue weighted by atomic mass is 19.1. The first-order valence-electron chi connectivity index (χ1n) is 5.81. The number of hydrogen-bond donors (Lipinski definition) is 1. The largest absolute Gasteiger partial charge is 0.322 e. The molecule has 0 aliphatic heterocycles. The van der Waals surface area contributed by atoms with Gasteiger partial charge in [0.15, 0.2) is 0 Å². The van der Waals surface area contributed by atoms with Crippen LogP contribution in [0.3, 0.4) is 0 Å². The molecule has 1 amide bonds. The first-order valence-corrected chi connectivity index (χ1v) is 5.81. The molecule has 98 valence electrons. The van der Waals surface area contributed by atoms with Crippen molar-refractivity contribution in [2.24, 2.45) is 0 Å². The van der Waals surface area contributed by atoms with E-state index in [1.165, 1.54) is 24.3 Å². The van der Waals surface area contributed by atoms with Crippen LogP contribution in [-0.2, 0) is 0 Å². The van der Waals surface area contributed by atoms with Crippen molar-refractivity contribution in [1.29, 1.82) is 0 Å². The molecule has 0 spiro atoms. The van der Waals surface area contributed by atoms with Crippen LogP contribution in [0, 0.1) is 25.5 Å². The summed E-state index contributed by atoms with van der Waals surface area (Å²) in [7, 11) is 0. The molecular formula is C15H13F2NO. The van der Waals surface area contributed by atoms with Crippen molar-refractivity contribution >= 4 is 11.6 Å². The smallest absolute Gasteiger partial charge is 0.258 e. The molecule has 2 rings (SSSR count). The van der Waals surface area contributed by atoms with E-state index in [9.17, 15) is 13.6 Å². The number of benzene rings is 2. The molecule has 2 aromatic rings. The number of nitrogens with one attached hydrogen (secondary N) is 1. The summed E-state index contributed by atoms with van der Waals surface area (Å²) in [5.74, 6) is -1.46. The minimum absolute atomic E-state index is 0.0243. The summed E-state index contributed by atoms with van der Waals surface area (Å²) >= 11 is 0. The highest BCUT2D eigenvalue weighted by molar-refractivity contribution is 6.04. The van der Waals surface area contributed by atoms with Crippen LogP contribution in [0.1, 0.15) is 21.5 Å². The zero-order chi connectivity index (χ0) is 14.0. The van der Waals surface area contributed by atoms with Crippen molar-refractivity contribution < 1.29 is 13.6 Å². The monoisotopic (exact) mass is 261 g/mol.